The number of nitrogens with one attached hydrogen (secondary N) is 1. The van der Waals surface area contributed by atoms with Crippen LogP contribution >= 0.6 is 15.9 Å². The highest BCUT2D eigenvalue weighted by Gasteiger charge is 2.13. The molecule has 0 aliphatic carbocycles. The molecule has 5 heteroatoms. The van der Waals surface area contributed by atoms with Crippen LogP contribution in [-0.4, -0.2) is 0 Å². The minimum Gasteiger partial charge on any atom is -0.271 e. The molecule has 0 aliphatic heterocycles. The van der Waals surface area contributed by atoms with Gasteiger partial charge in [-0.1, -0.05) is 34.1 Å². The Bertz CT molecular complexity index is 575. The molecule has 3 N–H and O–H groups in total. The first kappa shape index (κ1) is 14.1. The molecule has 0 radical (unpaired) electrons. The highest BCUT2D eigenvalue weighted by atomic mass is 79.9. The van der Waals surface area contributed by atoms with E-state index in [-0.39, 0.29) is 17.7 Å². The quantitative estimate of drug-likeness (QED) is 0.667. The van der Waals surface area contributed by atoms with Crippen LogP contribution in [0.25, 0.3) is 0 Å². The average molecular weight is 327 g/mol. The first-order valence-corrected chi connectivity index (χ1v) is 6.55. The molecule has 0 fully saturated rings. The highest BCUT2D eigenvalue weighted by Crippen LogP contribution is 2.24. The van der Waals surface area contributed by atoms with Gasteiger partial charge < -0.3 is 0 Å². The van der Waals surface area contributed by atoms with Gasteiger partial charge in [0.1, 0.15) is 11.6 Å². The fourth-order valence-electron chi connectivity index (χ4n) is 1.90. The number of benzene rings is 2. The SMILES string of the molecule is NNC(Cc1ccc(F)cc1Br)c1cccc(F)c1. The van der Waals surface area contributed by atoms with Gasteiger partial charge in [-0.15, -0.1) is 0 Å². The topological polar surface area (TPSA) is 38.0 Å². The maximum absolute atomic E-state index is 13.2. The zero-order chi connectivity index (χ0) is 13.8. The molecule has 2 nitrogen and oxygen atoms in total. The molecule has 0 spiro atoms. The zero-order valence-corrected chi connectivity index (χ0v) is 11.6. The van der Waals surface area contributed by atoms with Gasteiger partial charge >= 0.3 is 0 Å². The second-order valence-electron chi connectivity index (χ2n) is 4.21. The molecule has 100 valence electrons. The van der Waals surface area contributed by atoms with Crippen LogP contribution in [0.4, 0.5) is 8.78 Å². The second-order valence-corrected chi connectivity index (χ2v) is 5.07. The Morgan fingerprint density at radius 2 is 1.84 bits per heavy atom. The zero-order valence-electron chi connectivity index (χ0n) is 10.0. The van der Waals surface area contributed by atoms with E-state index < -0.39 is 0 Å². The molecule has 19 heavy (non-hydrogen) atoms. The molecule has 0 aromatic heterocycles. The van der Waals surface area contributed by atoms with Gasteiger partial charge in [-0.2, -0.15) is 0 Å². The van der Waals surface area contributed by atoms with E-state index >= 15 is 0 Å². The third-order valence-corrected chi connectivity index (χ3v) is 3.63. The van der Waals surface area contributed by atoms with Crippen LogP contribution in [-0.2, 0) is 6.42 Å². The van der Waals surface area contributed by atoms with Gasteiger partial charge in [0.25, 0.3) is 0 Å². The molecule has 0 amide bonds. The number of rotatable bonds is 4. The Labute approximate surface area is 118 Å². The summed E-state index contributed by atoms with van der Waals surface area (Å²) in [7, 11) is 0. The first-order chi connectivity index (χ1) is 9.10. The standard InChI is InChI=1S/C14H13BrF2N2/c15-13-8-12(17)5-4-9(13)7-14(19-18)10-2-1-3-11(16)6-10/h1-6,8,14,19H,7,18H2. The van der Waals surface area contributed by atoms with Crippen molar-refractivity contribution in [3.63, 3.8) is 0 Å². The summed E-state index contributed by atoms with van der Waals surface area (Å²) in [4.78, 5) is 0. The van der Waals surface area contributed by atoms with Crippen LogP contribution in [0.15, 0.2) is 46.9 Å². The maximum Gasteiger partial charge on any atom is 0.124 e. The van der Waals surface area contributed by atoms with Crippen molar-refractivity contribution >= 4 is 15.9 Å². The average Bonchev–Trinajstić information content (AvgIpc) is 2.38. The molecular weight excluding hydrogens is 314 g/mol. The highest BCUT2D eigenvalue weighted by molar-refractivity contribution is 9.10. The van der Waals surface area contributed by atoms with Crippen molar-refractivity contribution in [3.8, 4) is 0 Å². The van der Waals surface area contributed by atoms with Crippen LogP contribution in [0.5, 0.6) is 0 Å². The van der Waals surface area contributed by atoms with Crippen molar-refractivity contribution in [2.24, 2.45) is 5.84 Å². The predicted octanol–water partition coefficient (Wildman–Crippen LogP) is 3.47. The Hall–Kier alpha value is -1.30. The van der Waals surface area contributed by atoms with Crippen LogP contribution in [0, 0.1) is 11.6 Å². The molecule has 1 atom stereocenters. The van der Waals surface area contributed by atoms with Crippen molar-refractivity contribution in [2.45, 2.75) is 12.5 Å². The third kappa shape index (κ3) is 3.59. The number of nitrogens with two attached hydrogens (primary N) is 1. The number of hydrogen-bond donors (Lipinski definition) is 2. The predicted molar refractivity (Wildman–Crippen MR) is 74.3 cm³/mol. The Kier molecular flexibility index (Phi) is 4.63. The summed E-state index contributed by atoms with van der Waals surface area (Å²) >= 11 is 3.31. The lowest BCUT2D eigenvalue weighted by Crippen LogP contribution is -2.29. The van der Waals surface area contributed by atoms with Crippen LogP contribution in [0.2, 0.25) is 0 Å². The lowest BCUT2D eigenvalue weighted by atomic mass is 9.99. The number of hydrogen-bond acceptors (Lipinski definition) is 2. The molecule has 2 aromatic rings. The van der Waals surface area contributed by atoms with Gasteiger partial charge in [-0.3, -0.25) is 11.3 Å². The van der Waals surface area contributed by atoms with E-state index in [1.54, 1.807) is 18.2 Å². The summed E-state index contributed by atoms with van der Waals surface area (Å²) < 4.78 is 26.9. The molecule has 0 aliphatic rings. The second kappa shape index (κ2) is 6.23. The van der Waals surface area contributed by atoms with Gasteiger partial charge in [0.15, 0.2) is 0 Å². The van der Waals surface area contributed by atoms with Crippen molar-refractivity contribution in [3.05, 3.63) is 69.7 Å². The van der Waals surface area contributed by atoms with Crippen LogP contribution in [0.3, 0.4) is 0 Å². The summed E-state index contributed by atoms with van der Waals surface area (Å²) in [5.74, 6) is 4.90. The molecule has 0 saturated carbocycles. The van der Waals surface area contributed by atoms with Crippen molar-refractivity contribution < 1.29 is 8.78 Å². The molecule has 2 aromatic carbocycles. The summed E-state index contributed by atoms with van der Waals surface area (Å²) in [5, 5.41) is 0. The van der Waals surface area contributed by atoms with E-state index in [1.807, 2.05) is 0 Å². The van der Waals surface area contributed by atoms with E-state index in [1.165, 1.54) is 24.3 Å². The molecule has 0 heterocycles. The summed E-state index contributed by atoms with van der Waals surface area (Å²) in [6.45, 7) is 0. The van der Waals surface area contributed by atoms with Gasteiger partial charge in [0.05, 0.1) is 6.04 Å². The van der Waals surface area contributed by atoms with Crippen molar-refractivity contribution in [1.82, 2.24) is 5.43 Å². The van der Waals surface area contributed by atoms with Crippen molar-refractivity contribution in [2.75, 3.05) is 0 Å². The number of hydrazine groups is 1. The smallest absolute Gasteiger partial charge is 0.124 e. The van der Waals surface area contributed by atoms with E-state index in [2.05, 4.69) is 21.4 Å². The summed E-state index contributed by atoms with van der Waals surface area (Å²) in [5.41, 5.74) is 4.30. The van der Waals surface area contributed by atoms with E-state index in [9.17, 15) is 8.78 Å². The molecule has 0 bridgehead atoms. The normalized spacial score (nSPS) is 12.4. The van der Waals surface area contributed by atoms with Gasteiger partial charge in [0, 0.05) is 4.47 Å². The van der Waals surface area contributed by atoms with E-state index in [4.69, 9.17) is 5.84 Å². The lowest BCUT2D eigenvalue weighted by molar-refractivity contribution is 0.542. The van der Waals surface area contributed by atoms with E-state index in [0.717, 1.165) is 11.1 Å². The van der Waals surface area contributed by atoms with Gasteiger partial charge in [-0.05, 0) is 41.8 Å². The number of halogens is 3. The molecule has 1 unspecified atom stereocenters. The monoisotopic (exact) mass is 326 g/mol. The maximum atomic E-state index is 13.2. The Balaban J connectivity index is 2.24. The van der Waals surface area contributed by atoms with Crippen LogP contribution in [0.1, 0.15) is 17.2 Å². The fraction of sp³-hybridized carbons (Fsp3) is 0.143. The van der Waals surface area contributed by atoms with Gasteiger partial charge in [0.2, 0.25) is 0 Å². The third-order valence-electron chi connectivity index (χ3n) is 2.89. The van der Waals surface area contributed by atoms with Gasteiger partial charge in [-0.25, -0.2) is 8.78 Å². The Morgan fingerprint density at radius 3 is 2.47 bits per heavy atom. The fourth-order valence-corrected chi connectivity index (χ4v) is 2.42. The largest absolute Gasteiger partial charge is 0.271 e. The summed E-state index contributed by atoms with van der Waals surface area (Å²) in [6.07, 6.45) is 0.529. The molecular formula is C14H13BrF2N2. The van der Waals surface area contributed by atoms with Crippen LogP contribution < -0.4 is 11.3 Å². The van der Waals surface area contributed by atoms with Crippen molar-refractivity contribution in [1.29, 1.82) is 0 Å². The van der Waals surface area contributed by atoms with E-state index in [0.29, 0.717) is 10.9 Å². The Morgan fingerprint density at radius 1 is 1.11 bits per heavy atom. The lowest BCUT2D eigenvalue weighted by Gasteiger charge is -2.17. The minimum absolute atomic E-state index is 0.238. The summed E-state index contributed by atoms with van der Waals surface area (Å²) in [6, 6.07) is 10.5. The molecule has 0 saturated heterocycles. The molecule has 2 rings (SSSR count). The minimum atomic E-state index is -0.309. The first-order valence-electron chi connectivity index (χ1n) is 5.75.